The minimum absolute atomic E-state index is 0. The standard InChI is InChI=1S/C16H17N3O5S.Na/c1-2-3-8-24-15-10-14(20)13(9-16(15)25(21,22)23)19-17-11-6-4-5-7-12(11)18-19;/h4-7,9-10,20H,2-3,8H2,1H3,(H,21,22,23);/q;+1/p-1. The molecule has 2 aromatic carbocycles. The van der Waals surface area contributed by atoms with Gasteiger partial charge in [0.05, 0.1) is 11.5 Å². The van der Waals surface area contributed by atoms with E-state index in [2.05, 4.69) is 10.2 Å². The van der Waals surface area contributed by atoms with Crippen LogP contribution in [0.25, 0.3) is 16.7 Å². The average Bonchev–Trinajstić information content (AvgIpc) is 2.97. The van der Waals surface area contributed by atoms with Crippen LogP contribution in [0.5, 0.6) is 11.5 Å². The van der Waals surface area contributed by atoms with E-state index in [1.54, 1.807) is 24.3 Å². The molecule has 0 atom stereocenters. The number of hydrogen-bond acceptors (Lipinski definition) is 7. The van der Waals surface area contributed by atoms with Gasteiger partial charge in [0.2, 0.25) is 0 Å². The molecule has 0 spiro atoms. The molecular formula is C16H16N3NaO5S. The molecule has 0 fully saturated rings. The number of phenols is 1. The summed E-state index contributed by atoms with van der Waals surface area (Å²) >= 11 is 0. The van der Waals surface area contributed by atoms with Gasteiger partial charge in [-0.25, -0.2) is 8.42 Å². The Morgan fingerprint density at radius 1 is 1.19 bits per heavy atom. The smallest absolute Gasteiger partial charge is 0.744 e. The largest absolute Gasteiger partial charge is 1.00 e. The molecule has 26 heavy (non-hydrogen) atoms. The minimum atomic E-state index is -4.80. The zero-order valence-electron chi connectivity index (χ0n) is 14.4. The fourth-order valence-electron chi connectivity index (χ4n) is 2.30. The van der Waals surface area contributed by atoms with Gasteiger partial charge in [-0.1, -0.05) is 25.5 Å². The second kappa shape index (κ2) is 8.36. The van der Waals surface area contributed by atoms with Crippen molar-refractivity contribution < 1.29 is 52.4 Å². The number of rotatable bonds is 6. The molecule has 0 unspecified atom stereocenters. The van der Waals surface area contributed by atoms with Gasteiger partial charge in [-0.3, -0.25) is 0 Å². The molecule has 8 nitrogen and oxygen atoms in total. The van der Waals surface area contributed by atoms with E-state index in [-0.39, 0.29) is 53.4 Å². The second-order valence-corrected chi connectivity index (χ2v) is 6.77. The number of ether oxygens (including phenoxy) is 1. The predicted octanol–water partition coefficient (Wildman–Crippen LogP) is -0.787. The Bertz CT molecular complexity index is 987. The van der Waals surface area contributed by atoms with Crippen molar-refractivity contribution in [2.75, 3.05) is 6.61 Å². The molecule has 0 amide bonds. The number of aromatic nitrogens is 3. The Balaban J connectivity index is 0.00000243. The van der Waals surface area contributed by atoms with Gasteiger partial charge in [-0.05, 0) is 24.6 Å². The fourth-order valence-corrected chi connectivity index (χ4v) is 2.92. The van der Waals surface area contributed by atoms with Crippen molar-refractivity contribution in [2.45, 2.75) is 24.7 Å². The van der Waals surface area contributed by atoms with Crippen LogP contribution in [0.3, 0.4) is 0 Å². The molecule has 1 aromatic heterocycles. The first kappa shape index (κ1) is 20.7. The molecule has 0 saturated heterocycles. The molecule has 0 bridgehead atoms. The Kier molecular flexibility index (Phi) is 6.64. The Morgan fingerprint density at radius 3 is 2.35 bits per heavy atom. The Hall–Kier alpha value is -1.65. The summed E-state index contributed by atoms with van der Waals surface area (Å²) in [4.78, 5) is 0.530. The first-order valence-electron chi connectivity index (χ1n) is 7.68. The van der Waals surface area contributed by atoms with E-state index in [1.165, 1.54) is 0 Å². The van der Waals surface area contributed by atoms with Crippen LogP contribution in [-0.2, 0) is 10.1 Å². The van der Waals surface area contributed by atoms with Crippen LogP contribution in [0.4, 0.5) is 0 Å². The number of nitrogens with zero attached hydrogens (tertiary/aromatic N) is 3. The van der Waals surface area contributed by atoms with Gasteiger partial charge in [0, 0.05) is 6.07 Å². The van der Waals surface area contributed by atoms with E-state index in [0.717, 1.165) is 23.4 Å². The van der Waals surface area contributed by atoms with Crippen molar-refractivity contribution in [3.8, 4) is 17.2 Å². The monoisotopic (exact) mass is 385 g/mol. The SMILES string of the molecule is CCCCOc1cc(O)c(-n2nc3ccccc3n2)cc1S(=O)(=O)[O-].[Na+]. The quantitative estimate of drug-likeness (QED) is 0.336. The fraction of sp³-hybridized carbons (Fsp3) is 0.250. The molecule has 10 heteroatoms. The summed E-state index contributed by atoms with van der Waals surface area (Å²) in [5.41, 5.74) is 1.11. The van der Waals surface area contributed by atoms with Crippen LogP contribution in [0, 0.1) is 0 Å². The summed E-state index contributed by atoms with van der Waals surface area (Å²) in [6, 6.07) is 9.13. The molecule has 0 aliphatic carbocycles. The summed E-state index contributed by atoms with van der Waals surface area (Å²) in [5.74, 6) is -0.472. The van der Waals surface area contributed by atoms with Gasteiger partial charge in [0.1, 0.15) is 38.3 Å². The molecule has 0 radical (unpaired) electrons. The van der Waals surface area contributed by atoms with Gasteiger partial charge in [-0.15, -0.1) is 15.0 Å². The summed E-state index contributed by atoms with van der Waals surface area (Å²) in [6.45, 7) is 2.19. The van der Waals surface area contributed by atoms with Crippen molar-refractivity contribution in [1.82, 2.24) is 15.0 Å². The van der Waals surface area contributed by atoms with Crippen molar-refractivity contribution in [3.05, 3.63) is 36.4 Å². The van der Waals surface area contributed by atoms with Crippen molar-refractivity contribution in [1.29, 1.82) is 0 Å². The van der Waals surface area contributed by atoms with Crippen LogP contribution in [0.1, 0.15) is 19.8 Å². The molecule has 0 aliphatic heterocycles. The maximum absolute atomic E-state index is 11.6. The van der Waals surface area contributed by atoms with Crippen LogP contribution < -0.4 is 34.3 Å². The number of benzene rings is 2. The molecule has 0 aliphatic rings. The Morgan fingerprint density at radius 2 is 1.81 bits per heavy atom. The van der Waals surface area contributed by atoms with Gasteiger partial charge in [-0.2, -0.15) is 0 Å². The van der Waals surface area contributed by atoms with Gasteiger partial charge >= 0.3 is 29.6 Å². The first-order valence-corrected chi connectivity index (χ1v) is 9.09. The number of hydrogen-bond donors (Lipinski definition) is 1. The van der Waals surface area contributed by atoms with Crippen LogP contribution in [0.15, 0.2) is 41.3 Å². The number of unbranched alkanes of at least 4 members (excludes halogenated alkanes) is 1. The zero-order valence-corrected chi connectivity index (χ0v) is 17.2. The second-order valence-electron chi connectivity index (χ2n) is 5.42. The third kappa shape index (κ3) is 4.36. The van der Waals surface area contributed by atoms with Crippen LogP contribution in [0.2, 0.25) is 0 Å². The number of fused-ring (bicyclic) bond motifs is 1. The topological polar surface area (TPSA) is 117 Å². The van der Waals surface area contributed by atoms with Crippen molar-refractivity contribution >= 4 is 21.2 Å². The van der Waals surface area contributed by atoms with Crippen LogP contribution >= 0.6 is 0 Å². The third-order valence-corrected chi connectivity index (χ3v) is 4.43. The van der Waals surface area contributed by atoms with E-state index in [9.17, 15) is 18.1 Å². The van der Waals surface area contributed by atoms with E-state index in [1.807, 2.05) is 6.92 Å². The molecule has 0 saturated carbocycles. The van der Waals surface area contributed by atoms with Gasteiger partial charge in [0.25, 0.3) is 0 Å². The van der Waals surface area contributed by atoms with E-state index < -0.39 is 15.0 Å². The predicted molar refractivity (Wildman–Crippen MR) is 88.9 cm³/mol. The van der Waals surface area contributed by atoms with E-state index >= 15 is 0 Å². The van der Waals surface area contributed by atoms with Crippen molar-refractivity contribution in [2.24, 2.45) is 0 Å². The minimum Gasteiger partial charge on any atom is -0.744 e. The first-order chi connectivity index (χ1) is 11.9. The summed E-state index contributed by atoms with van der Waals surface area (Å²) in [6.07, 6.45) is 1.53. The normalized spacial score (nSPS) is 11.3. The van der Waals surface area contributed by atoms with E-state index in [4.69, 9.17) is 4.74 Å². The van der Waals surface area contributed by atoms with E-state index in [0.29, 0.717) is 17.5 Å². The average molecular weight is 385 g/mol. The molecule has 132 valence electrons. The molecule has 1 N–H and O–H groups in total. The summed E-state index contributed by atoms with van der Waals surface area (Å²) in [7, 11) is -4.80. The maximum atomic E-state index is 11.6. The Labute approximate surface area is 172 Å². The number of aromatic hydroxyl groups is 1. The summed E-state index contributed by atoms with van der Waals surface area (Å²) < 4.78 is 40.1. The molecule has 1 heterocycles. The van der Waals surface area contributed by atoms with Gasteiger partial charge < -0.3 is 14.4 Å². The number of phenolic OH excluding ortho intramolecular Hbond substituents is 1. The molecular weight excluding hydrogens is 369 g/mol. The molecule has 3 aromatic rings. The summed E-state index contributed by atoms with van der Waals surface area (Å²) in [5, 5.41) is 18.6. The van der Waals surface area contributed by atoms with Crippen molar-refractivity contribution in [3.63, 3.8) is 0 Å². The van der Waals surface area contributed by atoms with Crippen LogP contribution in [-0.4, -0.2) is 39.7 Å². The maximum Gasteiger partial charge on any atom is 1.00 e. The zero-order chi connectivity index (χ0) is 18.0. The van der Waals surface area contributed by atoms with Gasteiger partial charge in [0.15, 0.2) is 0 Å². The third-order valence-electron chi connectivity index (χ3n) is 3.57. The molecule has 3 rings (SSSR count).